The third-order valence-corrected chi connectivity index (χ3v) is 9.05. The van der Waals surface area contributed by atoms with Gasteiger partial charge in [0, 0.05) is 50.3 Å². The van der Waals surface area contributed by atoms with E-state index in [-0.39, 0.29) is 11.9 Å². The van der Waals surface area contributed by atoms with Crippen molar-refractivity contribution in [2.24, 2.45) is 11.8 Å². The molecule has 0 bridgehead atoms. The Balaban J connectivity index is 1.44. The standard InChI is InChI=1S/C29H48ClN5O2/c1-34(37-2)19-17-32-27-14-18-35(21-26(27)23-6-4-3-5-7-23)29(36)28(33-25-12-15-31-16-13-25)20-22-8-10-24(30)11-9-22/h8-11,23,25-28,31-33H,3-7,12-21H2,1-2H3. The molecule has 2 saturated heterocycles. The van der Waals surface area contributed by atoms with E-state index < -0.39 is 0 Å². The van der Waals surface area contributed by atoms with Crippen LogP contribution >= 0.6 is 11.6 Å². The van der Waals surface area contributed by atoms with Gasteiger partial charge in [-0.25, -0.2) is 0 Å². The summed E-state index contributed by atoms with van der Waals surface area (Å²) in [6.07, 6.45) is 10.4. The van der Waals surface area contributed by atoms with Gasteiger partial charge in [-0.2, -0.15) is 5.06 Å². The Bertz CT molecular complexity index is 813. The van der Waals surface area contributed by atoms with Gasteiger partial charge >= 0.3 is 0 Å². The second kappa shape index (κ2) is 14.8. The maximum atomic E-state index is 14.1. The largest absolute Gasteiger partial charge is 0.341 e. The van der Waals surface area contributed by atoms with Crippen LogP contribution in [0.2, 0.25) is 5.02 Å². The van der Waals surface area contributed by atoms with E-state index in [1.807, 2.05) is 24.2 Å². The molecule has 1 amide bonds. The van der Waals surface area contributed by atoms with Gasteiger partial charge in [-0.1, -0.05) is 55.8 Å². The van der Waals surface area contributed by atoms with Gasteiger partial charge in [0.1, 0.15) is 0 Å². The quantitative estimate of drug-likeness (QED) is 0.378. The van der Waals surface area contributed by atoms with Crippen LogP contribution in [-0.4, -0.2) is 87.4 Å². The maximum absolute atomic E-state index is 14.1. The van der Waals surface area contributed by atoms with Gasteiger partial charge in [-0.05, 0) is 68.3 Å². The Morgan fingerprint density at radius 3 is 2.57 bits per heavy atom. The fourth-order valence-corrected chi connectivity index (χ4v) is 6.67. The summed E-state index contributed by atoms with van der Waals surface area (Å²) in [7, 11) is 3.69. The summed E-state index contributed by atoms with van der Waals surface area (Å²) in [6.45, 7) is 5.48. The number of carbonyl (C=O) groups excluding carboxylic acids is 1. The topological polar surface area (TPSA) is 68.9 Å². The molecule has 1 aromatic rings. The number of likely N-dealkylation sites (tertiary alicyclic amines) is 1. The first-order valence-electron chi connectivity index (χ1n) is 14.5. The van der Waals surface area contributed by atoms with E-state index in [0.717, 1.165) is 69.1 Å². The summed E-state index contributed by atoms with van der Waals surface area (Å²) in [5.41, 5.74) is 1.16. The van der Waals surface area contributed by atoms with Gasteiger partial charge in [0.2, 0.25) is 5.91 Å². The van der Waals surface area contributed by atoms with Gasteiger partial charge in [0.05, 0.1) is 13.2 Å². The number of rotatable bonds is 11. The molecule has 3 unspecified atom stereocenters. The lowest BCUT2D eigenvalue weighted by atomic mass is 9.74. The summed E-state index contributed by atoms with van der Waals surface area (Å²) < 4.78 is 0. The van der Waals surface area contributed by atoms with Crippen LogP contribution in [0.4, 0.5) is 0 Å². The molecule has 7 nitrogen and oxygen atoms in total. The zero-order chi connectivity index (χ0) is 26.0. The Morgan fingerprint density at radius 1 is 1.14 bits per heavy atom. The molecular weight excluding hydrogens is 486 g/mol. The van der Waals surface area contributed by atoms with E-state index >= 15 is 0 Å². The van der Waals surface area contributed by atoms with Crippen molar-refractivity contribution in [3.05, 3.63) is 34.9 Å². The number of piperidine rings is 2. The van der Waals surface area contributed by atoms with Crippen LogP contribution < -0.4 is 16.0 Å². The van der Waals surface area contributed by atoms with Crippen molar-refractivity contribution in [2.75, 3.05) is 53.4 Å². The molecule has 2 aliphatic heterocycles. The maximum Gasteiger partial charge on any atom is 0.240 e. The third kappa shape index (κ3) is 8.64. The van der Waals surface area contributed by atoms with Crippen LogP contribution in [0.15, 0.2) is 24.3 Å². The molecule has 0 aromatic heterocycles. The van der Waals surface area contributed by atoms with Gasteiger partial charge in [-0.15, -0.1) is 0 Å². The number of likely N-dealkylation sites (N-methyl/N-ethyl adjacent to an activating group) is 1. The zero-order valence-electron chi connectivity index (χ0n) is 22.9. The van der Waals surface area contributed by atoms with Crippen molar-refractivity contribution < 1.29 is 9.63 Å². The van der Waals surface area contributed by atoms with Gasteiger partial charge in [-0.3, -0.25) is 4.79 Å². The first-order valence-corrected chi connectivity index (χ1v) is 14.9. The molecule has 0 spiro atoms. The summed E-state index contributed by atoms with van der Waals surface area (Å²) >= 11 is 6.14. The molecule has 1 aromatic carbocycles. The van der Waals surface area contributed by atoms with E-state index in [2.05, 4.69) is 33.0 Å². The highest BCUT2D eigenvalue weighted by Crippen LogP contribution is 2.35. The number of nitrogens with one attached hydrogen (secondary N) is 3. The zero-order valence-corrected chi connectivity index (χ0v) is 23.6. The molecule has 3 N–H and O–H groups in total. The Hall–Kier alpha value is -1.22. The lowest BCUT2D eigenvalue weighted by molar-refractivity contribution is -0.136. The molecule has 2 heterocycles. The van der Waals surface area contributed by atoms with Crippen LogP contribution in [0.5, 0.6) is 0 Å². The average Bonchev–Trinajstić information content (AvgIpc) is 2.94. The van der Waals surface area contributed by atoms with Crippen molar-refractivity contribution in [3.63, 3.8) is 0 Å². The second-order valence-corrected chi connectivity index (χ2v) is 11.7. The van der Waals surface area contributed by atoms with Gasteiger partial charge < -0.3 is 25.7 Å². The van der Waals surface area contributed by atoms with Crippen LogP contribution in [0.25, 0.3) is 0 Å². The average molecular weight is 534 g/mol. The van der Waals surface area contributed by atoms with E-state index in [1.165, 1.54) is 32.1 Å². The smallest absolute Gasteiger partial charge is 0.240 e. The Labute approximate surface area is 229 Å². The van der Waals surface area contributed by atoms with Crippen LogP contribution in [0, 0.1) is 11.8 Å². The highest BCUT2D eigenvalue weighted by molar-refractivity contribution is 6.30. The highest BCUT2D eigenvalue weighted by atomic mass is 35.5. The summed E-state index contributed by atoms with van der Waals surface area (Å²) in [5, 5.41) is 13.7. The van der Waals surface area contributed by atoms with E-state index in [4.69, 9.17) is 16.4 Å². The summed E-state index contributed by atoms with van der Waals surface area (Å²) in [5.74, 6) is 1.49. The minimum absolute atomic E-state index is 0.198. The lowest BCUT2D eigenvalue weighted by Gasteiger charge is -2.45. The molecule has 37 heavy (non-hydrogen) atoms. The monoisotopic (exact) mass is 533 g/mol. The molecule has 1 aliphatic carbocycles. The SMILES string of the molecule is CON(C)CCNC1CCN(C(=O)C(Cc2ccc(Cl)cc2)NC2CCNCC2)CC1C1CCCCC1. The Morgan fingerprint density at radius 2 is 1.86 bits per heavy atom. The predicted octanol–water partition coefficient (Wildman–Crippen LogP) is 3.47. The molecule has 3 atom stereocenters. The summed E-state index contributed by atoms with van der Waals surface area (Å²) in [4.78, 5) is 21.6. The van der Waals surface area contributed by atoms with E-state index in [1.54, 1.807) is 7.11 Å². The van der Waals surface area contributed by atoms with Crippen molar-refractivity contribution in [1.82, 2.24) is 25.9 Å². The van der Waals surface area contributed by atoms with Crippen LogP contribution in [-0.2, 0) is 16.1 Å². The summed E-state index contributed by atoms with van der Waals surface area (Å²) in [6, 6.07) is 8.63. The molecule has 3 aliphatic rings. The molecule has 1 saturated carbocycles. The molecule has 208 valence electrons. The number of benzene rings is 1. The van der Waals surface area contributed by atoms with Crippen molar-refractivity contribution in [1.29, 1.82) is 0 Å². The number of carbonyl (C=O) groups is 1. The predicted molar refractivity (Wildman–Crippen MR) is 151 cm³/mol. The molecule has 8 heteroatoms. The number of hydroxylamine groups is 2. The first-order chi connectivity index (χ1) is 18.0. The van der Waals surface area contributed by atoms with Gasteiger partial charge in [0.25, 0.3) is 0 Å². The Kier molecular flexibility index (Phi) is 11.5. The van der Waals surface area contributed by atoms with Crippen LogP contribution in [0.3, 0.4) is 0 Å². The lowest BCUT2D eigenvalue weighted by Crippen LogP contribution is -2.59. The minimum Gasteiger partial charge on any atom is -0.341 e. The normalized spacial score (nSPS) is 24.9. The number of amides is 1. The molecule has 0 radical (unpaired) electrons. The molecule has 4 rings (SSSR count). The second-order valence-electron chi connectivity index (χ2n) is 11.3. The first kappa shape index (κ1) is 28.8. The van der Waals surface area contributed by atoms with Crippen LogP contribution in [0.1, 0.15) is 56.9 Å². The fourth-order valence-electron chi connectivity index (χ4n) is 6.54. The molecular formula is C29H48ClN5O2. The number of halogens is 1. The number of hydrogen-bond donors (Lipinski definition) is 3. The van der Waals surface area contributed by atoms with Gasteiger partial charge in [0.15, 0.2) is 0 Å². The molecule has 3 fully saturated rings. The van der Waals surface area contributed by atoms with E-state index in [9.17, 15) is 4.79 Å². The number of nitrogens with zero attached hydrogens (tertiary/aromatic N) is 2. The third-order valence-electron chi connectivity index (χ3n) is 8.80. The van der Waals surface area contributed by atoms with Crippen molar-refractivity contribution in [3.8, 4) is 0 Å². The fraction of sp³-hybridized carbons (Fsp3) is 0.759. The van der Waals surface area contributed by atoms with Crippen molar-refractivity contribution >= 4 is 17.5 Å². The van der Waals surface area contributed by atoms with Crippen molar-refractivity contribution in [2.45, 2.75) is 75.9 Å². The number of hydrogen-bond acceptors (Lipinski definition) is 6. The van der Waals surface area contributed by atoms with E-state index in [0.29, 0.717) is 30.3 Å². The highest BCUT2D eigenvalue weighted by Gasteiger charge is 2.38. The minimum atomic E-state index is -0.198.